The third kappa shape index (κ3) is 1.57. The van der Waals surface area contributed by atoms with Gasteiger partial charge in [0.15, 0.2) is 0 Å². The highest BCUT2D eigenvalue weighted by Gasteiger charge is 2.38. The SMILES string of the molecule is CC1(C)CCC(C2CSC2)O1. The summed E-state index contributed by atoms with van der Waals surface area (Å²) in [4.78, 5) is 0. The number of rotatable bonds is 1. The van der Waals surface area contributed by atoms with Gasteiger partial charge in [0.25, 0.3) is 0 Å². The Balaban J connectivity index is 1.88. The summed E-state index contributed by atoms with van der Waals surface area (Å²) < 4.78 is 5.94. The molecule has 1 nitrogen and oxygen atoms in total. The minimum atomic E-state index is 0.172. The summed E-state index contributed by atoms with van der Waals surface area (Å²) in [5.74, 6) is 3.54. The summed E-state index contributed by atoms with van der Waals surface area (Å²) >= 11 is 2.05. The van der Waals surface area contributed by atoms with Crippen molar-refractivity contribution in [2.75, 3.05) is 11.5 Å². The second kappa shape index (κ2) is 2.67. The topological polar surface area (TPSA) is 9.23 Å². The molecule has 64 valence electrons. The smallest absolute Gasteiger partial charge is 0.0631 e. The molecule has 1 unspecified atom stereocenters. The normalized spacial score (nSPS) is 37.1. The van der Waals surface area contributed by atoms with Gasteiger partial charge in [-0.05, 0) is 38.2 Å². The Morgan fingerprint density at radius 1 is 1.36 bits per heavy atom. The van der Waals surface area contributed by atoms with E-state index >= 15 is 0 Å². The Morgan fingerprint density at radius 3 is 2.45 bits per heavy atom. The summed E-state index contributed by atoms with van der Waals surface area (Å²) in [6.07, 6.45) is 3.13. The van der Waals surface area contributed by atoms with E-state index in [1.54, 1.807) is 0 Å². The Morgan fingerprint density at radius 2 is 2.09 bits per heavy atom. The fourth-order valence-electron chi connectivity index (χ4n) is 1.82. The van der Waals surface area contributed by atoms with Crippen molar-refractivity contribution in [3.8, 4) is 0 Å². The van der Waals surface area contributed by atoms with E-state index in [0.29, 0.717) is 6.10 Å². The fourth-order valence-corrected chi connectivity index (χ4v) is 2.76. The third-order valence-corrected chi connectivity index (χ3v) is 4.02. The summed E-state index contributed by atoms with van der Waals surface area (Å²) in [6, 6.07) is 0. The molecule has 0 radical (unpaired) electrons. The zero-order valence-corrected chi connectivity index (χ0v) is 8.12. The van der Waals surface area contributed by atoms with Gasteiger partial charge in [-0.15, -0.1) is 0 Å². The highest BCUT2D eigenvalue weighted by atomic mass is 32.2. The highest BCUT2D eigenvalue weighted by Crippen LogP contribution is 2.39. The molecule has 0 N–H and O–H groups in total. The van der Waals surface area contributed by atoms with Crippen LogP contribution in [0.4, 0.5) is 0 Å². The molecule has 2 heteroatoms. The number of hydrogen-bond donors (Lipinski definition) is 0. The maximum Gasteiger partial charge on any atom is 0.0631 e. The maximum absolute atomic E-state index is 5.94. The zero-order valence-electron chi connectivity index (χ0n) is 7.30. The van der Waals surface area contributed by atoms with Crippen molar-refractivity contribution in [3.05, 3.63) is 0 Å². The molecular weight excluding hydrogens is 156 g/mol. The van der Waals surface area contributed by atoms with Gasteiger partial charge in [-0.25, -0.2) is 0 Å². The number of thioether (sulfide) groups is 1. The van der Waals surface area contributed by atoms with Crippen LogP contribution in [0.25, 0.3) is 0 Å². The lowest BCUT2D eigenvalue weighted by Gasteiger charge is -2.31. The second-order valence-corrected chi connectivity index (χ2v) is 5.33. The predicted molar refractivity (Wildman–Crippen MR) is 49.0 cm³/mol. The van der Waals surface area contributed by atoms with Crippen LogP contribution in [-0.4, -0.2) is 23.2 Å². The number of ether oxygens (including phenoxy) is 1. The van der Waals surface area contributed by atoms with Gasteiger partial charge in [0, 0.05) is 5.92 Å². The van der Waals surface area contributed by atoms with Crippen molar-refractivity contribution in [1.29, 1.82) is 0 Å². The monoisotopic (exact) mass is 172 g/mol. The molecule has 0 aromatic heterocycles. The van der Waals surface area contributed by atoms with Gasteiger partial charge in [0.1, 0.15) is 0 Å². The Hall–Kier alpha value is 0.310. The molecule has 2 fully saturated rings. The predicted octanol–water partition coefficient (Wildman–Crippen LogP) is 2.31. The highest BCUT2D eigenvalue weighted by molar-refractivity contribution is 8.00. The Kier molecular flexibility index (Phi) is 1.92. The van der Waals surface area contributed by atoms with E-state index in [2.05, 4.69) is 25.6 Å². The van der Waals surface area contributed by atoms with Crippen molar-refractivity contribution >= 4 is 11.8 Å². The van der Waals surface area contributed by atoms with Crippen molar-refractivity contribution < 1.29 is 4.74 Å². The van der Waals surface area contributed by atoms with E-state index in [-0.39, 0.29) is 5.60 Å². The minimum Gasteiger partial charge on any atom is -0.372 e. The molecule has 0 amide bonds. The fraction of sp³-hybridized carbons (Fsp3) is 1.00. The summed E-state index contributed by atoms with van der Waals surface area (Å²) in [5.41, 5.74) is 0.172. The van der Waals surface area contributed by atoms with Crippen LogP contribution in [0.15, 0.2) is 0 Å². The lowest BCUT2D eigenvalue weighted by molar-refractivity contribution is -0.0342. The van der Waals surface area contributed by atoms with Crippen LogP contribution in [0.3, 0.4) is 0 Å². The molecule has 0 aromatic carbocycles. The van der Waals surface area contributed by atoms with Crippen molar-refractivity contribution in [2.45, 2.75) is 38.4 Å². The van der Waals surface area contributed by atoms with Gasteiger partial charge in [-0.2, -0.15) is 11.8 Å². The second-order valence-electron chi connectivity index (χ2n) is 4.25. The first-order valence-electron chi connectivity index (χ1n) is 4.43. The van der Waals surface area contributed by atoms with Crippen LogP contribution in [-0.2, 0) is 4.74 Å². The van der Waals surface area contributed by atoms with Crippen LogP contribution >= 0.6 is 11.8 Å². The van der Waals surface area contributed by atoms with Crippen molar-refractivity contribution in [1.82, 2.24) is 0 Å². The Labute approximate surface area is 72.9 Å². The molecule has 2 saturated heterocycles. The summed E-state index contributed by atoms with van der Waals surface area (Å²) in [7, 11) is 0. The van der Waals surface area contributed by atoms with Gasteiger partial charge in [0.05, 0.1) is 11.7 Å². The zero-order chi connectivity index (χ0) is 7.90. The molecule has 0 aliphatic carbocycles. The van der Waals surface area contributed by atoms with Crippen molar-refractivity contribution in [3.63, 3.8) is 0 Å². The van der Waals surface area contributed by atoms with Gasteiger partial charge in [0.2, 0.25) is 0 Å². The van der Waals surface area contributed by atoms with E-state index in [1.807, 2.05) is 0 Å². The van der Waals surface area contributed by atoms with E-state index in [9.17, 15) is 0 Å². The average molecular weight is 172 g/mol. The average Bonchev–Trinajstić information content (AvgIpc) is 2.05. The first kappa shape index (κ1) is 7.93. The van der Waals surface area contributed by atoms with E-state index in [1.165, 1.54) is 24.3 Å². The Bertz CT molecular complexity index is 152. The maximum atomic E-state index is 5.94. The molecular formula is C9H16OS. The minimum absolute atomic E-state index is 0.172. The molecule has 1 atom stereocenters. The van der Waals surface area contributed by atoms with Gasteiger partial charge < -0.3 is 4.74 Å². The van der Waals surface area contributed by atoms with Crippen molar-refractivity contribution in [2.24, 2.45) is 5.92 Å². The van der Waals surface area contributed by atoms with E-state index in [4.69, 9.17) is 4.74 Å². The first-order valence-corrected chi connectivity index (χ1v) is 5.58. The largest absolute Gasteiger partial charge is 0.372 e. The lowest BCUT2D eigenvalue weighted by atomic mass is 10.0. The standard InChI is InChI=1S/C9H16OS/c1-9(2)4-3-8(10-9)7-5-11-6-7/h7-8H,3-6H2,1-2H3. The molecule has 0 bridgehead atoms. The van der Waals surface area contributed by atoms with E-state index < -0.39 is 0 Å². The van der Waals surface area contributed by atoms with Crippen LogP contribution in [0.2, 0.25) is 0 Å². The van der Waals surface area contributed by atoms with Crippen LogP contribution < -0.4 is 0 Å². The molecule has 11 heavy (non-hydrogen) atoms. The molecule has 2 heterocycles. The van der Waals surface area contributed by atoms with Gasteiger partial charge in [-0.1, -0.05) is 0 Å². The third-order valence-electron chi connectivity index (χ3n) is 2.69. The summed E-state index contributed by atoms with van der Waals surface area (Å²) in [6.45, 7) is 4.41. The van der Waals surface area contributed by atoms with Crippen LogP contribution in [0, 0.1) is 5.92 Å². The molecule has 0 saturated carbocycles. The first-order chi connectivity index (χ1) is 5.17. The molecule has 0 spiro atoms. The van der Waals surface area contributed by atoms with Crippen LogP contribution in [0.5, 0.6) is 0 Å². The summed E-state index contributed by atoms with van der Waals surface area (Å²) in [5, 5.41) is 0. The molecule has 2 aliphatic heterocycles. The van der Waals surface area contributed by atoms with Crippen LogP contribution in [0.1, 0.15) is 26.7 Å². The molecule has 2 rings (SSSR count). The van der Waals surface area contributed by atoms with Gasteiger partial charge >= 0.3 is 0 Å². The lowest BCUT2D eigenvalue weighted by Crippen LogP contribution is -2.33. The quantitative estimate of drug-likeness (QED) is 0.600. The molecule has 2 aliphatic rings. The number of hydrogen-bond acceptors (Lipinski definition) is 2. The van der Waals surface area contributed by atoms with Gasteiger partial charge in [-0.3, -0.25) is 0 Å². The molecule has 0 aromatic rings. The van der Waals surface area contributed by atoms with E-state index in [0.717, 1.165) is 5.92 Å².